The third kappa shape index (κ3) is 5.46. The zero-order valence-corrected chi connectivity index (χ0v) is 22.2. The highest BCUT2D eigenvalue weighted by Crippen LogP contribution is 2.37. The van der Waals surface area contributed by atoms with Crippen molar-refractivity contribution in [1.29, 1.82) is 0 Å². The van der Waals surface area contributed by atoms with E-state index in [4.69, 9.17) is 4.74 Å². The third-order valence-corrected chi connectivity index (χ3v) is 7.00. The highest BCUT2D eigenvalue weighted by atomic mass is 16.5. The summed E-state index contributed by atoms with van der Waals surface area (Å²) in [4.78, 5) is 55.3. The largest absolute Gasteiger partial charge is 0.504 e. The minimum atomic E-state index is -0.383. The van der Waals surface area contributed by atoms with Crippen LogP contribution in [0.2, 0.25) is 0 Å². The standard InChI is InChI=1S/C28H30N6O6/c1-32-14-17(9-20(32)16-35)31-27(38)23-10-18(15-33(23)2)30-26(37)6-4-8-40-25-12-22-21(11-24(25)36)28(39)34-7-3-5-19(34)13-29-22/h9-16,19,36H,3-8H2,1-2H3,(H,30,37)(H,31,38). The van der Waals surface area contributed by atoms with E-state index in [2.05, 4.69) is 15.6 Å². The van der Waals surface area contributed by atoms with Gasteiger partial charge in [0.15, 0.2) is 17.8 Å². The van der Waals surface area contributed by atoms with Crippen molar-refractivity contribution < 1.29 is 29.0 Å². The number of phenolic OH excluding ortho intramolecular Hbond substituents is 1. The van der Waals surface area contributed by atoms with Crippen LogP contribution in [0.4, 0.5) is 17.1 Å². The Kier molecular flexibility index (Phi) is 7.41. The summed E-state index contributed by atoms with van der Waals surface area (Å²) in [7, 11) is 3.39. The molecule has 12 nitrogen and oxygen atoms in total. The molecule has 0 radical (unpaired) electrons. The number of carbonyl (C=O) groups excluding carboxylic acids is 4. The van der Waals surface area contributed by atoms with Crippen LogP contribution in [0, 0.1) is 0 Å². The Bertz CT molecular complexity index is 1520. The Labute approximate surface area is 230 Å². The summed E-state index contributed by atoms with van der Waals surface area (Å²) in [5, 5.41) is 15.9. The van der Waals surface area contributed by atoms with E-state index in [0.29, 0.717) is 53.3 Å². The molecule has 3 aromatic rings. The highest BCUT2D eigenvalue weighted by molar-refractivity contribution is 6.05. The van der Waals surface area contributed by atoms with Gasteiger partial charge >= 0.3 is 0 Å². The quantitative estimate of drug-likeness (QED) is 0.277. The number of carbonyl (C=O) groups is 4. The van der Waals surface area contributed by atoms with Crippen LogP contribution in [-0.2, 0) is 18.9 Å². The van der Waals surface area contributed by atoms with Crippen molar-refractivity contribution in [3.8, 4) is 11.5 Å². The smallest absolute Gasteiger partial charge is 0.272 e. The van der Waals surface area contributed by atoms with Gasteiger partial charge in [0.25, 0.3) is 11.8 Å². The number of phenols is 1. The van der Waals surface area contributed by atoms with Gasteiger partial charge in [0.1, 0.15) is 5.69 Å². The number of fused-ring (bicyclic) bond motifs is 2. The van der Waals surface area contributed by atoms with Gasteiger partial charge in [-0.15, -0.1) is 0 Å². The number of aryl methyl sites for hydroxylation is 2. The second-order valence-electron chi connectivity index (χ2n) is 9.89. The van der Waals surface area contributed by atoms with Crippen LogP contribution in [-0.4, -0.2) is 68.6 Å². The van der Waals surface area contributed by atoms with Gasteiger partial charge in [-0.2, -0.15) is 0 Å². The third-order valence-electron chi connectivity index (χ3n) is 7.00. The van der Waals surface area contributed by atoms with Crippen molar-refractivity contribution in [3.05, 3.63) is 53.6 Å². The molecule has 3 amide bonds. The topological polar surface area (TPSA) is 147 Å². The summed E-state index contributed by atoms with van der Waals surface area (Å²) in [6, 6.07) is 6.04. The van der Waals surface area contributed by atoms with Crippen molar-refractivity contribution in [3.63, 3.8) is 0 Å². The van der Waals surface area contributed by atoms with E-state index in [1.807, 2.05) is 0 Å². The Morgan fingerprint density at radius 2 is 1.90 bits per heavy atom. The number of amides is 3. The van der Waals surface area contributed by atoms with Crippen LogP contribution < -0.4 is 15.4 Å². The maximum Gasteiger partial charge on any atom is 0.272 e. The molecule has 5 rings (SSSR count). The number of rotatable bonds is 9. The highest BCUT2D eigenvalue weighted by Gasteiger charge is 2.32. The Balaban J connectivity index is 1.12. The number of aliphatic imine (C=N–C) groups is 1. The van der Waals surface area contributed by atoms with Crippen molar-refractivity contribution in [2.75, 3.05) is 23.8 Å². The number of hydrogen-bond donors (Lipinski definition) is 3. The number of benzene rings is 1. The lowest BCUT2D eigenvalue weighted by atomic mass is 10.1. The molecule has 12 heteroatoms. The van der Waals surface area contributed by atoms with Crippen molar-refractivity contribution >= 4 is 47.3 Å². The van der Waals surface area contributed by atoms with Gasteiger partial charge in [0.2, 0.25) is 5.91 Å². The molecule has 2 aliphatic rings. The average molecular weight is 547 g/mol. The van der Waals surface area contributed by atoms with Crippen LogP contribution in [0.15, 0.2) is 41.7 Å². The average Bonchev–Trinajstić information content (AvgIpc) is 3.61. The second-order valence-corrected chi connectivity index (χ2v) is 9.89. The molecule has 1 unspecified atom stereocenters. The summed E-state index contributed by atoms with van der Waals surface area (Å²) in [5.41, 5.74) is 2.50. The lowest BCUT2D eigenvalue weighted by Crippen LogP contribution is -2.35. The Hall–Kier alpha value is -4.87. The van der Waals surface area contributed by atoms with E-state index in [9.17, 15) is 24.3 Å². The number of hydrogen-bond acceptors (Lipinski definition) is 7. The number of aromatic nitrogens is 2. The van der Waals surface area contributed by atoms with Gasteiger partial charge in [-0.3, -0.25) is 24.2 Å². The zero-order valence-electron chi connectivity index (χ0n) is 22.2. The molecule has 208 valence electrons. The number of ether oxygens (including phenoxy) is 1. The molecule has 1 saturated heterocycles. The van der Waals surface area contributed by atoms with Gasteiger partial charge in [0.05, 0.1) is 41.0 Å². The van der Waals surface area contributed by atoms with Crippen LogP contribution in [0.25, 0.3) is 0 Å². The Morgan fingerprint density at radius 3 is 2.67 bits per heavy atom. The van der Waals surface area contributed by atoms with E-state index in [1.165, 1.54) is 6.07 Å². The summed E-state index contributed by atoms with van der Waals surface area (Å²) < 4.78 is 8.89. The fourth-order valence-corrected chi connectivity index (χ4v) is 4.93. The minimum Gasteiger partial charge on any atom is -0.504 e. The van der Waals surface area contributed by atoms with Gasteiger partial charge in [-0.25, -0.2) is 0 Å². The molecular weight excluding hydrogens is 516 g/mol. The molecule has 0 spiro atoms. The van der Waals surface area contributed by atoms with Crippen molar-refractivity contribution in [1.82, 2.24) is 14.0 Å². The van der Waals surface area contributed by atoms with E-state index < -0.39 is 0 Å². The van der Waals surface area contributed by atoms with Crippen LogP contribution in [0.1, 0.15) is 57.0 Å². The second kappa shape index (κ2) is 11.1. The molecule has 40 heavy (non-hydrogen) atoms. The molecule has 1 fully saturated rings. The molecule has 0 bridgehead atoms. The molecular formula is C28H30N6O6. The summed E-state index contributed by atoms with van der Waals surface area (Å²) in [5.74, 6) is -0.753. The van der Waals surface area contributed by atoms with Crippen LogP contribution >= 0.6 is 0 Å². The van der Waals surface area contributed by atoms with Crippen molar-refractivity contribution in [2.24, 2.45) is 19.1 Å². The molecule has 2 aliphatic heterocycles. The molecule has 0 saturated carbocycles. The number of nitrogens with zero attached hydrogens (tertiary/aromatic N) is 4. The normalized spacial score (nSPS) is 15.8. The maximum atomic E-state index is 12.8. The fraction of sp³-hybridized carbons (Fsp3) is 0.321. The molecule has 1 atom stereocenters. The summed E-state index contributed by atoms with van der Waals surface area (Å²) in [6.45, 7) is 0.832. The number of nitrogens with one attached hydrogen (secondary N) is 2. The van der Waals surface area contributed by atoms with Gasteiger partial charge in [0, 0.05) is 51.7 Å². The lowest BCUT2D eigenvalue weighted by Gasteiger charge is -2.20. The zero-order chi connectivity index (χ0) is 28.4. The molecule has 4 heterocycles. The van der Waals surface area contributed by atoms with Gasteiger partial charge < -0.3 is 34.5 Å². The molecule has 1 aromatic carbocycles. The van der Waals surface area contributed by atoms with E-state index in [1.54, 1.807) is 64.9 Å². The first-order valence-electron chi connectivity index (χ1n) is 13.0. The van der Waals surface area contributed by atoms with Crippen molar-refractivity contribution in [2.45, 2.75) is 31.7 Å². The first-order valence-corrected chi connectivity index (χ1v) is 13.0. The fourth-order valence-electron chi connectivity index (χ4n) is 4.93. The predicted molar refractivity (Wildman–Crippen MR) is 148 cm³/mol. The van der Waals surface area contributed by atoms with Gasteiger partial charge in [-0.05, 0) is 37.5 Å². The molecule has 3 N–H and O–H groups in total. The first kappa shape index (κ1) is 26.7. The monoisotopic (exact) mass is 546 g/mol. The van der Waals surface area contributed by atoms with Crippen LogP contribution in [0.5, 0.6) is 11.5 Å². The van der Waals surface area contributed by atoms with Gasteiger partial charge in [-0.1, -0.05) is 0 Å². The predicted octanol–water partition coefficient (Wildman–Crippen LogP) is 3.25. The van der Waals surface area contributed by atoms with E-state index in [0.717, 1.165) is 12.8 Å². The SMILES string of the molecule is Cn1cc(NC(=O)c2cc(NC(=O)CCCOc3cc4c(cc3O)C(=O)N3CCCC3C=N4)cn2C)cc1C=O. The first-order chi connectivity index (χ1) is 19.2. The number of aromatic hydroxyl groups is 1. The van der Waals surface area contributed by atoms with E-state index >= 15 is 0 Å². The maximum absolute atomic E-state index is 12.8. The number of aldehydes is 1. The minimum absolute atomic E-state index is 0.0273. The van der Waals surface area contributed by atoms with Crippen LogP contribution in [0.3, 0.4) is 0 Å². The molecule has 2 aromatic heterocycles. The summed E-state index contributed by atoms with van der Waals surface area (Å²) >= 11 is 0. The lowest BCUT2D eigenvalue weighted by molar-refractivity contribution is -0.116. The Morgan fingerprint density at radius 1 is 1.12 bits per heavy atom. The van der Waals surface area contributed by atoms with E-state index in [-0.39, 0.29) is 48.3 Å². The number of anilines is 2. The summed E-state index contributed by atoms with van der Waals surface area (Å²) in [6.07, 6.45) is 8.05. The molecule has 0 aliphatic carbocycles.